The molecule has 0 aliphatic rings. The fourth-order valence-corrected chi connectivity index (χ4v) is 4.38. The number of rotatable bonds is 6. The lowest BCUT2D eigenvalue weighted by Gasteiger charge is -2.14. The standard InChI is InChI=1S/C10H11F3O4S.C8H7F3O4S/c1-7(2)17-18(14,15)9-6-4-3-5-8(9)16-10(11,12)13;1-5-3-2-4-6(15-8(9,10)11)7(5)16(12,13)14/h3-7H,1-2H3;2-4H,1H3,(H,12,13,14). The largest absolute Gasteiger partial charge is 0.573 e. The molecule has 0 aliphatic heterocycles. The van der Waals surface area contributed by atoms with Gasteiger partial charge in [-0.3, -0.25) is 8.74 Å². The minimum Gasteiger partial charge on any atom is -0.404 e. The summed E-state index contributed by atoms with van der Waals surface area (Å²) >= 11 is 0. The predicted octanol–water partition coefficient (Wildman–Crippen LogP) is 4.84. The summed E-state index contributed by atoms with van der Waals surface area (Å²) in [6, 6.07) is 7.64. The second kappa shape index (κ2) is 10.8. The zero-order valence-corrected chi connectivity index (χ0v) is 19.1. The van der Waals surface area contributed by atoms with Crippen molar-refractivity contribution in [2.24, 2.45) is 0 Å². The van der Waals surface area contributed by atoms with Crippen LogP contribution in [0.4, 0.5) is 26.3 Å². The van der Waals surface area contributed by atoms with E-state index in [2.05, 4.69) is 13.7 Å². The third-order valence-electron chi connectivity index (χ3n) is 3.32. The highest BCUT2D eigenvalue weighted by molar-refractivity contribution is 7.87. The van der Waals surface area contributed by atoms with Gasteiger partial charge in [0.15, 0.2) is 11.5 Å². The van der Waals surface area contributed by atoms with Crippen LogP contribution < -0.4 is 9.47 Å². The number of benzene rings is 2. The van der Waals surface area contributed by atoms with Gasteiger partial charge >= 0.3 is 22.8 Å². The van der Waals surface area contributed by atoms with E-state index in [1.54, 1.807) is 0 Å². The van der Waals surface area contributed by atoms with Crippen LogP contribution in [0.1, 0.15) is 19.4 Å². The van der Waals surface area contributed by atoms with Crippen molar-refractivity contribution in [1.29, 1.82) is 0 Å². The maximum atomic E-state index is 12.1. The lowest BCUT2D eigenvalue weighted by atomic mass is 10.2. The molecular weight excluding hydrogens is 522 g/mol. The summed E-state index contributed by atoms with van der Waals surface area (Å²) in [5, 5.41) is 0. The highest BCUT2D eigenvalue weighted by Gasteiger charge is 2.35. The average molecular weight is 540 g/mol. The quantitative estimate of drug-likeness (QED) is 0.315. The van der Waals surface area contributed by atoms with Crippen LogP contribution in [0, 0.1) is 6.92 Å². The number of aryl methyl sites for hydroxylation is 1. The van der Waals surface area contributed by atoms with E-state index in [0.717, 1.165) is 18.2 Å². The van der Waals surface area contributed by atoms with Crippen molar-refractivity contribution in [2.75, 3.05) is 0 Å². The molecule has 2 aromatic carbocycles. The molecule has 34 heavy (non-hydrogen) atoms. The molecule has 0 aromatic heterocycles. The molecule has 1 N–H and O–H groups in total. The van der Waals surface area contributed by atoms with Crippen LogP contribution in [0.15, 0.2) is 52.3 Å². The van der Waals surface area contributed by atoms with Crippen LogP contribution in [0.2, 0.25) is 0 Å². The zero-order chi connectivity index (χ0) is 26.5. The highest BCUT2D eigenvalue weighted by Crippen LogP contribution is 2.32. The minimum absolute atomic E-state index is 0.0377. The van der Waals surface area contributed by atoms with E-state index >= 15 is 0 Å². The molecule has 0 fully saturated rings. The monoisotopic (exact) mass is 540 g/mol. The summed E-state index contributed by atoms with van der Waals surface area (Å²) in [5.41, 5.74) is -0.0377. The summed E-state index contributed by atoms with van der Waals surface area (Å²) < 4.78 is 138. The van der Waals surface area contributed by atoms with Gasteiger partial charge in [-0.15, -0.1) is 26.3 Å². The SMILES string of the molecule is CC(C)OS(=O)(=O)c1ccccc1OC(F)(F)F.Cc1cccc(OC(F)(F)F)c1S(=O)(=O)O. The second-order valence-corrected chi connectivity index (χ2v) is 9.42. The fourth-order valence-electron chi connectivity index (χ4n) is 2.33. The van der Waals surface area contributed by atoms with Crippen molar-refractivity contribution in [2.45, 2.75) is 49.4 Å². The number of alkyl halides is 6. The van der Waals surface area contributed by atoms with E-state index < -0.39 is 60.4 Å². The van der Waals surface area contributed by atoms with Gasteiger partial charge in [0.05, 0.1) is 6.10 Å². The van der Waals surface area contributed by atoms with Crippen LogP contribution in [0.25, 0.3) is 0 Å². The molecule has 2 rings (SSSR count). The summed E-state index contributed by atoms with van der Waals surface area (Å²) in [6.07, 6.45) is -10.7. The van der Waals surface area contributed by atoms with Gasteiger partial charge in [0, 0.05) is 0 Å². The second-order valence-electron chi connectivity index (χ2n) is 6.52. The Balaban J connectivity index is 0.000000342. The topological polar surface area (TPSA) is 116 Å². The van der Waals surface area contributed by atoms with Crippen LogP contribution in [0.3, 0.4) is 0 Å². The Bertz CT molecular complexity index is 1190. The summed E-state index contributed by atoms with van der Waals surface area (Å²) in [5.74, 6) is -1.76. The van der Waals surface area contributed by atoms with Gasteiger partial charge in [-0.1, -0.05) is 24.3 Å². The number of para-hydroxylation sites is 1. The van der Waals surface area contributed by atoms with Gasteiger partial charge in [0.1, 0.15) is 9.79 Å². The van der Waals surface area contributed by atoms with Crippen molar-refractivity contribution in [3.8, 4) is 11.5 Å². The van der Waals surface area contributed by atoms with E-state index in [4.69, 9.17) is 4.55 Å². The molecule has 0 unspecified atom stereocenters. The molecule has 0 aliphatic carbocycles. The number of hydrogen-bond acceptors (Lipinski definition) is 7. The van der Waals surface area contributed by atoms with Crippen LogP contribution in [-0.2, 0) is 24.4 Å². The molecule has 0 atom stereocenters. The Morgan fingerprint density at radius 3 is 1.74 bits per heavy atom. The first kappa shape index (κ1) is 29.5. The summed E-state index contributed by atoms with van der Waals surface area (Å²) in [7, 11) is -9.05. The zero-order valence-electron chi connectivity index (χ0n) is 17.5. The molecule has 2 aromatic rings. The van der Waals surface area contributed by atoms with Gasteiger partial charge in [-0.05, 0) is 44.5 Å². The maximum absolute atomic E-state index is 12.1. The van der Waals surface area contributed by atoms with Crippen molar-refractivity contribution in [3.63, 3.8) is 0 Å². The normalized spacial score (nSPS) is 12.7. The third-order valence-corrected chi connectivity index (χ3v) is 5.88. The van der Waals surface area contributed by atoms with Crippen molar-refractivity contribution < 1.29 is 61.4 Å². The summed E-state index contributed by atoms with van der Waals surface area (Å²) in [4.78, 5) is -1.54. The lowest BCUT2D eigenvalue weighted by molar-refractivity contribution is -0.276. The van der Waals surface area contributed by atoms with Crippen molar-refractivity contribution in [1.82, 2.24) is 0 Å². The van der Waals surface area contributed by atoms with Gasteiger partial charge < -0.3 is 9.47 Å². The van der Waals surface area contributed by atoms with E-state index in [-0.39, 0.29) is 5.56 Å². The van der Waals surface area contributed by atoms with Crippen LogP contribution in [-0.4, -0.2) is 40.2 Å². The van der Waals surface area contributed by atoms with Crippen molar-refractivity contribution >= 4 is 20.2 Å². The van der Waals surface area contributed by atoms with Crippen LogP contribution >= 0.6 is 0 Å². The van der Waals surface area contributed by atoms with Crippen LogP contribution in [0.5, 0.6) is 11.5 Å². The first-order valence-electron chi connectivity index (χ1n) is 8.84. The first-order chi connectivity index (χ1) is 15.2. The van der Waals surface area contributed by atoms with E-state index in [1.165, 1.54) is 45.0 Å². The first-order valence-corrected chi connectivity index (χ1v) is 11.7. The fraction of sp³-hybridized carbons (Fsp3) is 0.333. The third kappa shape index (κ3) is 9.74. The molecule has 8 nitrogen and oxygen atoms in total. The van der Waals surface area contributed by atoms with E-state index in [9.17, 15) is 43.2 Å². The molecule has 16 heteroatoms. The molecule has 0 radical (unpaired) electrons. The Morgan fingerprint density at radius 2 is 1.26 bits per heavy atom. The van der Waals surface area contributed by atoms with E-state index in [1.807, 2.05) is 0 Å². The highest BCUT2D eigenvalue weighted by atomic mass is 32.2. The molecule has 192 valence electrons. The Hall–Kier alpha value is -2.56. The lowest BCUT2D eigenvalue weighted by Crippen LogP contribution is -2.20. The molecule has 0 saturated carbocycles. The van der Waals surface area contributed by atoms with Gasteiger partial charge in [-0.25, -0.2) is 0 Å². The number of hydrogen-bond donors (Lipinski definition) is 1. The smallest absolute Gasteiger partial charge is 0.404 e. The Labute approximate surface area is 190 Å². The molecule has 0 amide bonds. The van der Waals surface area contributed by atoms with Gasteiger partial charge in [0.25, 0.3) is 10.1 Å². The average Bonchev–Trinajstić information content (AvgIpc) is 2.57. The minimum atomic E-state index is -5.02. The number of halogens is 6. The maximum Gasteiger partial charge on any atom is 0.573 e. The van der Waals surface area contributed by atoms with Gasteiger partial charge in [-0.2, -0.15) is 16.8 Å². The molecule has 0 bridgehead atoms. The molecule has 0 spiro atoms. The molecule has 0 heterocycles. The Morgan fingerprint density at radius 1 is 0.794 bits per heavy atom. The molecular formula is C18H18F6O8S2. The number of ether oxygens (including phenoxy) is 2. The van der Waals surface area contributed by atoms with E-state index in [0.29, 0.717) is 0 Å². The van der Waals surface area contributed by atoms with Crippen molar-refractivity contribution in [3.05, 3.63) is 48.0 Å². The predicted molar refractivity (Wildman–Crippen MR) is 104 cm³/mol. The molecule has 0 saturated heterocycles. The Kier molecular flexibility index (Phi) is 9.36. The summed E-state index contributed by atoms with van der Waals surface area (Å²) in [6.45, 7) is 4.14. The van der Waals surface area contributed by atoms with Gasteiger partial charge in [0.2, 0.25) is 0 Å².